The van der Waals surface area contributed by atoms with Gasteiger partial charge >= 0.3 is 5.97 Å². The standard InChI is InChI=1S/C15H16N2O2.C2H6/c1-4-10-6-5-7-13-14(10)11(9(2)17(13)3)8-12(16)15(18)19;1-2/h1,5-7,12H,8,16H2,2-3H3,(H,18,19);1-2H3. The molecule has 1 heterocycles. The second-order valence-electron chi connectivity index (χ2n) is 4.62. The molecule has 0 aliphatic heterocycles. The number of aryl methyl sites for hydroxylation is 1. The molecular formula is C17H22N2O2. The van der Waals surface area contributed by atoms with Crippen molar-refractivity contribution in [3.8, 4) is 12.3 Å². The van der Waals surface area contributed by atoms with Gasteiger partial charge in [0.1, 0.15) is 6.04 Å². The van der Waals surface area contributed by atoms with Crippen LogP contribution in [0.3, 0.4) is 0 Å². The van der Waals surface area contributed by atoms with Crippen molar-refractivity contribution < 1.29 is 9.90 Å². The Labute approximate surface area is 125 Å². The summed E-state index contributed by atoms with van der Waals surface area (Å²) in [5.74, 6) is 1.65. The highest BCUT2D eigenvalue weighted by atomic mass is 16.4. The molecule has 0 bridgehead atoms. The summed E-state index contributed by atoms with van der Waals surface area (Å²) in [5, 5.41) is 9.90. The summed E-state index contributed by atoms with van der Waals surface area (Å²) in [6.07, 6.45) is 5.80. The number of benzene rings is 1. The fourth-order valence-corrected chi connectivity index (χ4v) is 2.38. The SMILES string of the molecule is C#Cc1cccc2c1c(CC(N)C(=O)O)c(C)n2C.CC. The van der Waals surface area contributed by atoms with E-state index in [1.54, 1.807) is 0 Å². The summed E-state index contributed by atoms with van der Waals surface area (Å²) >= 11 is 0. The first kappa shape index (κ1) is 16.8. The number of hydrogen-bond acceptors (Lipinski definition) is 2. The molecule has 0 aliphatic carbocycles. The molecule has 0 fully saturated rings. The fourth-order valence-electron chi connectivity index (χ4n) is 2.38. The summed E-state index contributed by atoms with van der Waals surface area (Å²) in [6, 6.07) is 4.81. The van der Waals surface area contributed by atoms with Crippen molar-refractivity contribution in [3.05, 3.63) is 35.0 Å². The van der Waals surface area contributed by atoms with Gasteiger partial charge < -0.3 is 15.4 Å². The van der Waals surface area contributed by atoms with E-state index < -0.39 is 12.0 Å². The van der Waals surface area contributed by atoms with Gasteiger partial charge in [0.2, 0.25) is 0 Å². The fraction of sp³-hybridized carbons (Fsp3) is 0.353. The van der Waals surface area contributed by atoms with Crippen LogP contribution in [0.2, 0.25) is 0 Å². The Bertz CT molecular complexity index is 693. The van der Waals surface area contributed by atoms with Gasteiger partial charge in [0.25, 0.3) is 0 Å². The van der Waals surface area contributed by atoms with E-state index in [1.807, 2.05) is 50.6 Å². The molecule has 0 saturated heterocycles. The number of terminal acetylenes is 1. The topological polar surface area (TPSA) is 68.2 Å². The quantitative estimate of drug-likeness (QED) is 0.852. The van der Waals surface area contributed by atoms with Crippen molar-refractivity contribution in [2.75, 3.05) is 0 Å². The molecule has 0 aliphatic rings. The van der Waals surface area contributed by atoms with Crippen LogP contribution in [0.5, 0.6) is 0 Å². The Morgan fingerprint density at radius 1 is 1.48 bits per heavy atom. The molecular weight excluding hydrogens is 264 g/mol. The van der Waals surface area contributed by atoms with Gasteiger partial charge in [0.15, 0.2) is 0 Å². The van der Waals surface area contributed by atoms with E-state index in [2.05, 4.69) is 5.92 Å². The van der Waals surface area contributed by atoms with Crippen LogP contribution >= 0.6 is 0 Å². The zero-order chi connectivity index (χ0) is 16.2. The highest BCUT2D eigenvalue weighted by molar-refractivity contribution is 5.91. The Balaban J connectivity index is 0.00000106. The van der Waals surface area contributed by atoms with E-state index in [9.17, 15) is 4.79 Å². The smallest absolute Gasteiger partial charge is 0.320 e. The molecule has 21 heavy (non-hydrogen) atoms. The number of rotatable bonds is 3. The van der Waals surface area contributed by atoms with Gasteiger partial charge in [-0.1, -0.05) is 25.8 Å². The van der Waals surface area contributed by atoms with E-state index in [0.717, 1.165) is 27.7 Å². The number of carboxylic acid groups (broad SMARTS) is 1. The van der Waals surface area contributed by atoms with Crippen molar-refractivity contribution in [2.45, 2.75) is 33.2 Å². The summed E-state index contributed by atoms with van der Waals surface area (Å²) in [5.41, 5.74) is 9.33. The second-order valence-corrected chi connectivity index (χ2v) is 4.62. The zero-order valence-corrected chi connectivity index (χ0v) is 13.0. The molecule has 2 rings (SSSR count). The van der Waals surface area contributed by atoms with Crippen LogP contribution in [0.4, 0.5) is 0 Å². The van der Waals surface area contributed by atoms with E-state index in [0.29, 0.717) is 0 Å². The second kappa shape index (κ2) is 6.96. The predicted molar refractivity (Wildman–Crippen MR) is 86.3 cm³/mol. The molecule has 1 aromatic carbocycles. The number of carboxylic acids is 1. The van der Waals surface area contributed by atoms with Gasteiger partial charge in [-0.15, -0.1) is 6.42 Å². The molecule has 2 aromatic rings. The molecule has 0 spiro atoms. The molecule has 3 N–H and O–H groups in total. The minimum absolute atomic E-state index is 0.275. The predicted octanol–water partition coefficient (Wildman–Crippen LogP) is 2.45. The number of nitrogens with zero attached hydrogens (tertiary/aromatic N) is 1. The molecule has 1 unspecified atom stereocenters. The molecule has 4 nitrogen and oxygen atoms in total. The average molecular weight is 286 g/mol. The molecule has 112 valence electrons. The Morgan fingerprint density at radius 2 is 2.10 bits per heavy atom. The van der Waals surface area contributed by atoms with Crippen molar-refractivity contribution in [1.29, 1.82) is 0 Å². The van der Waals surface area contributed by atoms with Gasteiger partial charge in [-0.05, 0) is 24.6 Å². The van der Waals surface area contributed by atoms with Crippen molar-refractivity contribution in [2.24, 2.45) is 12.8 Å². The number of carbonyl (C=O) groups is 1. The van der Waals surface area contributed by atoms with Crippen LogP contribution < -0.4 is 5.73 Å². The van der Waals surface area contributed by atoms with Crippen molar-refractivity contribution in [1.82, 2.24) is 4.57 Å². The zero-order valence-electron chi connectivity index (χ0n) is 13.0. The van der Waals surface area contributed by atoms with Crippen LogP contribution in [0.25, 0.3) is 10.9 Å². The number of fused-ring (bicyclic) bond motifs is 1. The largest absolute Gasteiger partial charge is 0.480 e. The Kier molecular flexibility index (Phi) is 5.57. The number of aromatic nitrogens is 1. The minimum Gasteiger partial charge on any atom is -0.480 e. The lowest BCUT2D eigenvalue weighted by Crippen LogP contribution is -2.32. The van der Waals surface area contributed by atoms with E-state index in [4.69, 9.17) is 17.3 Å². The monoisotopic (exact) mass is 286 g/mol. The maximum absolute atomic E-state index is 10.9. The molecule has 0 radical (unpaired) electrons. The van der Waals surface area contributed by atoms with Crippen LogP contribution in [0.1, 0.15) is 30.7 Å². The number of nitrogens with two attached hydrogens (primary N) is 1. The maximum Gasteiger partial charge on any atom is 0.320 e. The van der Waals surface area contributed by atoms with Gasteiger partial charge in [0, 0.05) is 35.6 Å². The molecule has 0 saturated carbocycles. The van der Waals surface area contributed by atoms with E-state index >= 15 is 0 Å². The Morgan fingerprint density at radius 3 is 2.62 bits per heavy atom. The van der Waals surface area contributed by atoms with Crippen molar-refractivity contribution in [3.63, 3.8) is 0 Å². The van der Waals surface area contributed by atoms with Crippen LogP contribution in [0, 0.1) is 19.3 Å². The van der Waals surface area contributed by atoms with Gasteiger partial charge in [-0.3, -0.25) is 4.79 Å². The lowest BCUT2D eigenvalue weighted by molar-refractivity contribution is -0.138. The van der Waals surface area contributed by atoms with Crippen LogP contribution in [-0.4, -0.2) is 21.7 Å². The normalized spacial score (nSPS) is 11.4. The van der Waals surface area contributed by atoms with E-state index in [-0.39, 0.29) is 6.42 Å². The maximum atomic E-state index is 10.9. The third-order valence-electron chi connectivity index (χ3n) is 3.54. The van der Waals surface area contributed by atoms with Crippen LogP contribution in [-0.2, 0) is 18.3 Å². The van der Waals surface area contributed by atoms with Gasteiger partial charge in [0.05, 0.1) is 0 Å². The lowest BCUT2D eigenvalue weighted by Gasteiger charge is -2.07. The lowest BCUT2D eigenvalue weighted by atomic mass is 10.00. The molecule has 1 atom stereocenters. The Hall–Kier alpha value is -2.25. The average Bonchev–Trinajstić information content (AvgIpc) is 2.74. The van der Waals surface area contributed by atoms with Crippen LogP contribution in [0.15, 0.2) is 18.2 Å². The first-order chi connectivity index (χ1) is 9.97. The molecule has 1 aromatic heterocycles. The summed E-state index contributed by atoms with van der Waals surface area (Å²) in [6.45, 7) is 5.95. The summed E-state index contributed by atoms with van der Waals surface area (Å²) in [7, 11) is 1.94. The third-order valence-corrected chi connectivity index (χ3v) is 3.54. The first-order valence-corrected chi connectivity index (χ1v) is 6.99. The van der Waals surface area contributed by atoms with Gasteiger partial charge in [-0.25, -0.2) is 0 Å². The summed E-state index contributed by atoms with van der Waals surface area (Å²) in [4.78, 5) is 10.9. The number of aliphatic carboxylic acids is 1. The van der Waals surface area contributed by atoms with E-state index in [1.165, 1.54) is 0 Å². The third kappa shape index (κ3) is 3.09. The highest BCUT2D eigenvalue weighted by Gasteiger charge is 2.20. The molecule has 0 amide bonds. The van der Waals surface area contributed by atoms with Crippen molar-refractivity contribution >= 4 is 16.9 Å². The highest BCUT2D eigenvalue weighted by Crippen LogP contribution is 2.28. The number of hydrogen-bond donors (Lipinski definition) is 2. The molecule has 4 heteroatoms. The first-order valence-electron chi connectivity index (χ1n) is 6.99. The minimum atomic E-state index is -1.01. The van der Waals surface area contributed by atoms with Gasteiger partial charge in [-0.2, -0.15) is 0 Å². The summed E-state index contributed by atoms with van der Waals surface area (Å²) < 4.78 is 2.01.